The maximum atomic E-state index is 5.85. The van der Waals surface area contributed by atoms with Gasteiger partial charge in [-0.15, -0.1) is 0 Å². The number of nitrogens with zero attached hydrogens (tertiary/aromatic N) is 3. The second-order valence-corrected chi connectivity index (χ2v) is 7.07. The SMILES string of the molecule is COc1cc2c(cc1CN1CCN(Cc3cccnc3)CC1)OCCCO2. The van der Waals surface area contributed by atoms with E-state index in [0.717, 1.165) is 68.5 Å². The van der Waals surface area contributed by atoms with Crippen LogP contribution in [0.1, 0.15) is 17.5 Å². The largest absolute Gasteiger partial charge is 0.496 e. The second-order valence-electron chi connectivity index (χ2n) is 7.07. The lowest BCUT2D eigenvalue weighted by Crippen LogP contribution is -2.45. The van der Waals surface area contributed by atoms with Gasteiger partial charge in [0.1, 0.15) is 5.75 Å². The molecule has 0 N–H and O–H groups in total. The van der Waals surface area contributed by atoms with E-state index in [1.807, 2.05) is 24.5 Å². The van der Waals surface area contributed by atoms with Crippen LogP contribution in [0.25, 0.3) is 0 Å². The van der Waals surface area contributed by atoms with Crippen LogP contribution in [0.3, 0.4) is 0 Å². The molecule has 2 aliphatic heterocycles. The van der Waals surface area contributed by atoms with Gasteiger partial charge in [-0.1, -0.05) is 6.07 Å². The Morgan fingerprint density at radius 3 is 2.37 bits per heavy atom. The van der Waals surface area contributed by atoms with Crippen LogP contribution in [-0.4, -0.2) is 61.3 Å². The van der Waals surface area contributed by atoms with Crippen LogP contribution in [0.2, 0.25) is 0 Å². The molecule has 1 aromatic heterocycles. The molecule has 6 nitrogen and oxygen atoms in total. The third-order valence-corrected chi connectivity index (χ3v) is 5.14. The van der Waals surface area contributed by atoms with Crippen molar-refractivity contribution in [1.82, 2.24) is 14.8 Å². The molecular formula is C21H27N3O3. The topological polar surface area (TPSA) is 47.1 Å². The molecule has 27 heavy (non-hydrogen) atoms. The zero-order valence-corrected chi connectivity index (χ0v) is 15.9. The molecule has 4 rings (SSSR count). The third-order valence-electron chi connectivity index (χ3n) is 5.14. The van der Waals surface area contributed by atoms with Crippen molar-refractivity contribution in [2.24, 2.45) is 0 Å². The molecule has 0 spiro atoms. The summed E-state index contributed by atoms with van der Waals surface area (Å²) >= 11 is 0. The van der Waals surface area contributed by atoms with E-state index < -0.39 is 0 Å². The zero-order chi connectivity index (χ0) is 18.5. The van der Waals surface area contributed by atoms with Crippen LogP contribution < -0.4 is 14.2 Å². The fraction of sp³-hybridized carbons (Fsp3) is 0.476. The number of benzene rings is 1. The van der Waals surface area contributed by atoms with E-state index in [1.165, 1.54) is 5.56 Å². The molecule has 0 radical (unpaired) electrons. The number of pyridine rings is 1. The molecule has 2 aliphatic rings. The molecule has 0 unspecified atom stereocenters. The first-order valence-corrected chi connectivity index (χ1v) is 9.62. The average molecular weight is 369 g/mol. The molecule has 0 atom stereocenters. The van der Waals surface area contributed by atoms with Gasteiger partial charge in [0.2, 0.25) is 0 Å². The second kappa shape index (κ2) is 8.59. The van der Waals surface area contributed by atoms with Crippen molar-refractivity contribution < 1.29 is 14.2 Å². The van der Waals surface area contributed by atoms with Crippen molar-refractivity contribution in [3.05, 3.63) is 47.8 Å². The average Bonchev–Trinajstić information content (AvgIpc) is 2.94. The maximum absolute atomic E-state index is 5.85. The number of methoxy groups -OCH3 is 1. The van der Waals surface area contributed by atoms with Crippen molar-refractivity contribution in [3.8, 4) is 17.2 Å². The monoisotopic (exact) mass is 369 g/mol. The molecule has 1 aromatic carbocycles. The number of hydrogen-bond acceptors (Lipinski definition) is 6. The summed E-state index contributed by atoms with van der Waals surface area (Å²) in [5, 5.41) is 0. The standard InChI is InChI=1S/C21H27N3O3/c1-25-19-13-21-20(26-10-3-11-27-21)12-18(19)16-24-8-6-23(7-9-24)15-17-4-2-5-22-14-17/h2,4-5,12-14H,3,6-11,15-16H2,1H3. The molecule has 0 amide bonds. The minimum Gasteiger partial charge on any atom is -0.496 e. The third kappa shape index (κ3) is 4.51. The van der Waals surface area contributed by atoms with Gasteiger partial charge in [0.25, 0.3) is 0 Å². The van der Waals surface area contributed by atoms with Crippen molar-refractivity contribution in [2.45, 2.75) is 19.5 Å². The summed E-state index contributed by atoms with van der Waals surface area (Å²) in [4.78, 5) is 9.17. The predicted octanol–water partition coefficient (Wildman–Crippen LogP) is 2.57. The number of ether oxygens (including phenoxy) is 3. The van der Waals surface area contributed by atoms with E-state index in [-0.39, 0.29) is 0 Å². The Labute approximate surface area is 160 Å². The van der Waals surface area contributed by atoms with E-state index in [1.54, 1.807) is 7.11 Å². The highest BCUT2D eigenvalue weighted by Gasteiger charge is 2.21. The first kappa shape index (κ1) is 18.1. The van der Waals surface area contributed by atoms with Crippen LogP contribution in [0, 0.1) is 0 Å². The highest BCUT2D eigenvalue weighted by molar-refractivity contribution is 5.51. The van der Waals surface area contributed by atoms with Gasteiger partial charge in [0, 0.05) is 69.7 Å². The zero-order valence-electron chi connectivity index (χ0n) is 15.9. The molecular weight excluding hydrogens is 342 g/mol. The van der Waals surface area contributed by atoms with Crippen LogP contribution >= 0.6 is 0 Å². The molecule has 0 saturated carbocycles. The molecule has 2 aromatic rings. The summed E-state index contributed by atoms with van der Waals surface area (Å²) in [6.45, 7) is 7.41. The van der Waals surface area contributed by atoms with Gasteiger partial charge in [-0.3, -0.25) is 14.8 Å². The van der Waals surface area contributed by atoms with Crippen molar-refractivity contribution in [3.63, 3.8) is 0 Å². The van der Waals surface area contributed by atoms with E-state index in [2.05, 4.69) is 26.9 Å². The van der Waals surface area contributed by atoms with E-state index in [0.29, 0.717) is 13.2 Å². The Bertz CT molecular complexity index is 746. The molecule has 0 bridgehead atoms. The summed E-state index contributed by atoms with van der Waals surface area (Å²) in [6.07, 6.45) is 4.68. The van der Waals surface area contributed by atoms with Crippen LogP contribution in [-0.2, 0) is 13.1 Å². The molecule has 1 saturated heterocycles. The van der Waals surface area contributed by atoms with Gasteiger partial charge < -0.3 is 14.2 Å². The van der Waals surface area contributed by atoms with Gasteiger partial charge in [-0.2, -0.15) is 0 Å². The minimum atomic E-state index is 0.689. The maximum Gasteiger partial charge on any atom is 0.164 e. The Morgan fingerprint density at radius 2 is 1.70 bits per heavy atom. The molecule has 1 fully saturated rings. The lowest BCUT2D eigenvalue weighted by molar-refractivity contribution is 0.121. The summed E-state index contributed by atoms with van der Waals surface area (Å²) in [6, 6.07) is 8.19. The summed E-state index contributed by atoms with van der Waals surface area (Å²) in [7, 11) is 1.72. The smallest absolute Gasteiger partial charge is 0.164 e. The molecule has 144 valence electrons. The van der Waals surface area contributed by atoms with Gasteiger partial charge in [-0.05, 0) is 17.7 Å². The Balaban J connectivity index is 1.38. The number of rotatable bonds is 5. The Hall–Kier alpha value is -2.31. The van der Waals surface area contributed by atoms with Crippen LogP contribution in [0.4, 0.5) is 0 Å². The fourth-order valence-electron chi connectivity index (χ4n) is 3.64. The van der Waals surface area contributed by atoms with Crippen molar-refractivity contribution in [2.75, 3.05) is 46.5 Å². The predicted molar refractivity (Wildman–Crippen MR) is 103 cm³/mol. The first-order valence-electron chi connectivity index (χ1n) is 9.62. The summed E-state index contributed by atoms with van der Waals surface area (Å²) in [5.41, 5.74) is 2.43. The first-order chi connectivity index (χ1) is 13.3. The lowest BCUT2D eigenvalue weighted by atomic mass is 10.1. The quantitative estimate of drug-likeness (QED) is 0.807. The lowest BCUT2D eigenvalue weighted by Gasteiger charge is -2.35. The van der Waals surface area contributed by atoms with Crippen molar-refractivity contribution >= 4 is 0 Å². The van der Waals surface area contributed by atoms with Crippen LogP contribution in [0.15, 0.2) is 36.7 Å². The highest BCUT2D eigenvalue weighted by atomic mass is 16.5. The number of hydrogen-bond donors (Lipinski definition) is 0. The molecule has 6 heteroatoms. The fourth-order valence-corrected chi connectivity index (χ4v) is 3.64. The Kier molecular flexibility index (Phi) is 5.75. The number of aromatic nitrogens is 1. The summed E-state index contributed by atoms with van der Waals surface area (Å²) < 4.78 is 17.2. The van der Waals surface area contributed by atoms with Gasteiger partial charge >= 0.3 is 0 Å². The normalized spacial score (nSPS) is 18.1. The van der Waals surface area contributed by atoms with Crippen molar-refractivity contribution in [1.29, 1.82) is 0 Å². The van der Waals surface area contributed by atoms with E-state index >= 15 is 0 Å². The van der Waals surface area contributed by atoms with Gasteiger partial charge in [0.15, 0.2) is 11.5 Å². The molecule has 3 heterocycles. The minimum absolute atomic E-state index is 0.689. The highest BCUT2D eigenvalue weighted by Crippen LogP contribution is 2.37. The van der Waals surface area contributed by atoms with Gasteiger partial charge in [0.05, 0.1) is 20.3 Å². The Morgan fingerprint density at radius 1 is 1.00 bits per heavy atom. The number of fused-ring (bicyclic) bond motifs is 1. The van der Waals surface area contributed by atoms with Crippen LogP contribution in [0.5, 0.6) is 17.2 Å². The van der Waals surface area contributed by atoms with E-state index in [4.69, 9.17) is 14.2 Å². The summed E-state index contributed by atoms with van der Waals surface area (Å²) in [5.74, 6) is 2.49. The van der Waals surface area contributed by atoms with E-state index in [9.17, 15) is 0 Å². The van der Waals surface area contributed by atoms with Gasteiger partial charge in [-0.25, -0.2) is 0 Å². The number of piperazine rings is 1. The molecule has 0 aliphatic carbocycles.